The van der Waals surface area contributed by atoms with Crippen LogP contribution in [0, 0.1) is 23.7 Å². The van der Waals surface area contributed by atoms with Crippen molar-refractivity contribution < 1.29 is 9.53 Å². The Bertz CT molecular complexity index is 463. The van der Waals surface area contributed by atoms with Gasteiger partial charge in [0.2, 0.25) is 0 Å². The lowest BCUT2D eigenvalue weighted by Crippen LogP contribution is -2.33. The molecule has 0 aromatic heterocycles. The van der Waals surface area contributed by atoms with Gasteiger partial charge >= 0.3 is 5.97 Å². The maximum absolute atomic E-state index is 12.8. The van der Waals surface area contributed by atoms with E-state index in [9.17, 15) is 4.79 Å². The molecule has 0 aromatic carbocycles. The van der Waals surface area contributed by atoms with Crippen LogP contribution in [0.15, 0.2) is 24.3 Å². The number of ether oxygens (including phenoxy) is 1. The highest BCUT2D eigenvalue weighted by Gasteiger charge is 2.35. The first kappa shape index (κ1) is 19.5. The zero-order valence-corrected chi connectivity index (χ0v) is 15.7. The largest absolute Gasteiger partial charge is 0.464 e. The van der Waals surface area contributed by atoms with Gasteiger partial charge in [-0.3, -0.25) is 9.69 Å². The van der Waals surface area contributed by atoms with Crippen LogP contribution in [0.1, 0.15) is 45.4 Å². The summed E-state index contributed by atoms with van der Waals surface area (Å²) < 4.78 is 5.72. The van der Waals surface area contributed by atoms with Crippen molar-refractivity contribution in [2.75, 3.05) is 26.2 Å². The molecule has 0 amide bonds. The van der Waals surface area contributed by atoms with Gasteiger partial charge in [-0.1, -0.05) is 31.2 Å². The smallest absolute Gasteiger partial charge is 0.310 e. The zero-order valence-electron chi connectivity index (χ0n) is 14.9. The van der Waals surface area contributed by atoms with Crippen LogP contribution in [-0.4, -0.2) is 37.1 Å². The molecule has 4 heteroatoms. The molecule has 0 bridgehead atoms. The molecule has 0 aromatic rings. The Balaban J connectivity index is 0.00000208. The van der Waals surface area contributed by atoms with Crippen LogP contribution in [0.3, 0.4) is 0 Å². The Morgan fingerprint density at radius 1 is 1.17 bits per heavy atom. The molecule has 0 saturated carbocycles. The molecule has 1 fully saturated rings. The minimum absolute atomic E-state index is 0. The lowest BCUT2D eigenvalue weighted by molar-refractivity contribution is -0.152. The van der Waals surface area contributed by atoms with Crippen LogP contribution in [0.4, 0.5) is 0 Å². The third-order valence-corrected chi connectivity index (χ3v) is 5.70. The molecule has 1 saturated heterocycles. The highest BCUT2D eigenvalue weighted by atomic mass is 35.5. The van der Waals surface area contributed by atoms with Gasteiger partial charge in [-0.15, -0.1) is 12.4 Å². The van der Waals surface area contributed by atoms with Crippen molar-refractivity contribution in [1.82, 2.24) is 4.90 Å². The molecule has 0 spiro atoms. The second-order valence-corrected chi connectivity index (χ2v) is 7.58. The monoisotopic (exact) mass is 353 g/mol. The predicted octanol–water partition coefficient (Wildman–Crippen LogP) is 4.23. The Hall–Kier alpha value is -0.800. The van der Waals surface area contributed by atoms with Crippen molar-refractivity contribution in [2.45, 2.75) is 45.4 Å². The van der Waals surface area contributed by atoms with E-state index in [4.69, 9.17) is 4.74 Å². The van der Waals surface area contributed by atoms with Crippen molar-refractivity contribution in [3.05, 3.63) is 24.3 Å². The molecule has 0 radical (unpaired) electrons. The molecular weight excluding hydrogens is 322 g/mol. The zero-order chi connectivity index (χ0) is 16.1. The minimum atomic E-state index is 0. The number of rotatable bonds is 6. The Kier molecular flexibility index (Phi) is 7.83. The summed E-state index contributed by atoms with van der Waals surface area (Å²) >= 11 is 0. The summed E-state index contributed by atoms with van der Waals surface area (Å²) in [5.74, 6) is 1.60. The molecule has 1 heterocycles. The lowest BCUT2D eigenvalue weighted by atomic mass is 9.77. The first-order valence-corrected chi connectivity index (χ1v) is 9.46. The first-order valence-electron chi connectivity index (χ1n) is 9.46. The summed E-state index contributed by atoms with van der Waals surface area (Å²) in [6.07, 6.45) is 16.0. The maximum atomic E-state index is 12.8. The first-order chi connectivity index (χ1) is 11.2. The highest BCUT2D eigenvalue weighted by molar-refractivity contribution is 5.85. The van der Waals surface area contributed by atoms with Gasteiger partial charge in [0.15, 0.2) is 0 Å². The third kappa shape index (κ3) is 5.10. The molecule has 3 nitrogen and oxygen atoms in total. The van der Waals surface area contributed by atoms with Gasteiger partial charge in [-0.2, -0.15) is 0 Å². The Morgan fingerprint density at radius 2 is 1.92 bits per heavy atom. The van der Waals surface area contributed by atoms with Gasteiger partial charge in [0, 0.05) is 13.1 Å². The quantitative estimate of drug-likeness (QED) is 0.528. The normalized spacial score (nSPS) is 31.0. The Labute approximate surface area is 152 Å². The van der Waals surface area contributed by atoms with Crippen molar-refractivity contribution in [3.63, 3.8) is 0 Å². The predicted molar refractivity (Wildman–Crippen MR) is 100 cm³/mol. The number of esters is 1. The van der Waals surface area contributed by atoms with Gasteiger partial charge in [-0.25, -0.2) is 0 Å². The average Bonchev–Trinajstić information content (AvgIpc) is 3.21. The van der Waals surface area contributed by atoms with E-state index in [1.54, 1.807) is 0 Å². The van der Waals surface area contributed by atoms with Crippen molar-refractivity contribution in [1.29, 1.82) is 0 Å². The van der Waals surface area contributed by atoms with E-state index in [2.05, 4.69) is 36.1 Å². The summed E-state index contributed by atoms with van der Waals surface area (Å²) in [5, 5.41) is 0. The minimum Gasteiger partial charge on any atom is -0.464 e. The van der Waals surface area contributed by atoms with Gasteiger partial charge in [0.25, 0.3) is 0 Å². The van der Waals surface area contributed by atoms with Crippen LogP contribution < -0.4 is 0 Å². The summed E-state index contributed by atoms with van der Waals surface area (Å²) in [4.78, 5) is 15.2. The lowest BCUT2D eigenvalue weighted by Gasteiger charge is -2.29. The number of hydrogen-bond donors (Lipinski definition) is 0. The fourth-order valence-electron chi connectivity index (χ4n) is 4.36. The van der Waals surface area contributed by atoms with E-state index in [0.29, 0.717) is 18.4 Å². The average molecular weight is 354 g/mol. The molecular formula is C20H32ClNO2. The second kappa shape index (κ2) is 9.62. The number of nitrogens with zero attached hydrogens (tertiary/aromatic N) is 1. The fourth-order valence-corrected chi connectivity index (χ4v) is 4.36. The SMILES string of the molecule is CC1CCN(CCOC(=O)C(C2C=CCC2)C2C=CCCC2)C1.Cl. The Morgan fingerprint density at radius 3 is 2.54 bits per heavy atom. The van der Waals surface area contributed by atoms with E-state index in [0.717, 1.165) is 51.2 Å². The van der Waals surface area contributed by atoms with Crippen LogP contribution in [0.5, 0.6) is 0 Å². The van der Waals surface area contributed by atoms with Crippen molar-refractivity contribution in [2.24, 2.45) is 23.7 Å². The van der Waals surface area contributed by atoms with Crippen molar-refractivity contribution >= 4 is 18.4 Å². The summed E-state index contributed by atoms with van der Waals surface area (Å²) in [6, 6.07) is 0. The van der Waals surface area contributed by atoms with Crippen LogP contribution in [-0.2, 0) is 9.53 Å². The maximum Gasteiger partial charge on any atom is 0.310 e. The molecule has 4 unspecified atom stereocenters. The van der Waals surface area contributed by atoms with Gasteiger partial charge in [0.05, 0.1) is 5.92 Å². The molecule has 1 aliphatic heterocycles. The van der Waals surface area contributed by atoms with Crippen LogP contribution in [0.2, 0.25) is 0 Å². The van der Waals surface area contributed by atoms with E-state index in [1.807, 2.05) is 0 Å². The number of hydrogen-bond acceptors (Lipinski definition) is 3. The molecule has 3 aliphatic rings. The third-order valence-electron chi connectivity index (χ3n) is 5.70. The van der Waals surface area contributed by atoms with Gasteiger partial charge in [0.1, 0.15) is 6.61 Å². The second-order valence-electron chi connectivity index (χ2n) is 7.58. The van der Waals surface area contributed by atoms with Gasteiger partial charge in [-0.05, 0) is 62.8 Å². The van der Waals surface area contributed by atoms with E-state index < -0.39 is 0 Å². The standard InChI is InChI=1S/C20H31NO2.ClH/c1-16-11-12-21(15-16)13-14-23-20(22)19(18-9-5-6-10-18)17-7-3-2-4-8-17;/h3,5,7,9,16-19H,2,4,6,8,10-15H2,1H3;1H. The van der Waals surface area contributed by atoms with Crippen molar-refractivity contribution in [3.8, 4) is 0 Å². The molecule has 4 atom stereocenters. The topological polar surface area (TPSA) is 29.5 Å². The molecule has 3 rings (SSSR count). The molecule has 0 N–H and O–H groups in total. The number of carbonyl (C=O) groups is 1. The number of carbonyl (C=O) groups excluding carboxylic acids is 1. The summed E-state index contributed by atoms with van der Waals surface area (Å²) in [6.45, 7) is 6.04. The number of likely N-dealkylation sites (tertiary alicyclic amines) is 1. The molecule has 24 heavy (non-hydrogen) atoms. The van der Waals surface area contributed by atoms with E-state index in [-0.39, 0.29) is 24.3 Å². The van der Waals surface area contributed by atoms with E-state index >= 15 is 0 Å². The summed E-state index contributed by atoms with van der Waals surface area (Å²) in [7, 11) is 0. The van der Waals surface area contributed by atoms with Gasteiger partial charge < -0.3 is 4.74 Å². The fraction of sp³-hybridized carbons (Fsp3) is 0.750. The molecule has 2 aliphatic carbocycles. The van der Waals surface area contributed by atoms with E-state index in [1.165, 1.54) is 12.8 Å². The summed E-state index contributed by atoms with van der Waals surface area (Å²) in [5.41, 5.74) is 0. The molecule has 136 valence electrons. The highest BCUT2D eigenvalue weighted by Crippen LogP contribution is 2.36. The number of halogens is 1. The van der Waals surface area contributed by atoms with Crippen LogP contribution in [0.25, 0.3) is 0 Å². The van der Waals surface area contributed by atoms with Crippen LogP contribution >= 0.6 is 12.4 Å². The number of allylic oxidation sites excluding steroid dienone is 4.